The zero-order valence-corrected chi connectivity index (χ0v) is 14.6. The quantitative estimate of drug-likeness (QED) is 0.713. The Bertz CT molecular complexity index is 976. The second-order valence-electron chi connectivity index (χ2n) is 6.51. The molecule has 2 heterocycles. The summed E-state index contributed by atoms with van der Waals surface area (Å²) in [5.41, 5.74) is 2.63. The molecule has 3 aromatic rings. The predicted octanol–water partition coefficient (Wildman–Crippen LogP) is 2.49. The monoisotopic (exact) mass is 367 g/mol. The van der Waals surface area contributed by atoms with E-state index in [1.165, 1.54) is 18.5 Å². The van der Waals surface area contributed by atoms with E-state index in [-0.39, 0.29) is 24.1 Å². The minimum Gasteiger partial charge on any atom is -0.443 e. The number of rotatable bonds is 3. The van der Waals surface area contributed by atoms with Gasteiger partial charge in [-0.25, -0.2) is 9.37 Å². The highest BCUT2D eigenvalue weighted by atomic mass is 19.1. The van der Waals surface area contributed by atoms with Gasteiger partial charge in [0.1, 0.15) is 11.3 Å². The highest BCUT2D eigenvalue weighted by Gasteiger charge is 2.25. The van der Waals surface area contributed by atoms with E-state index in [2.05, 4.69) is 4.98 Å². The van der Waals surface area contributed by atoms with E-state index in [9.17, 15) is 14.0 Å². The fourth-order valence-corrected chi connectivity index (χ4v) is 3.22. The van der Waals surface area contributed by atoms with Gasteiger partial charge in [0.2, 0.25) is 5.91 Å². The van der Waals surface area contributed by atoms with E-state index in [0.717, 1.165) is 5.56 Å². The van der Waals surface area contributed by atoms with Crippen LogP contribution in [0.5, 0.6) is 0 Å². The number of piperazine rings is 1. The number of halogens is 1. The number of amides is 2. The van der Waals surface area contributed by atoms with Gasteiger partial charge in [0, 0.05) is 31.7 Å². The molecule has 0 bridgehead atoms. The molecule has 1 fully saturated rings. The Morgan fingerprint density at radius 3 is 2.44 bits per heavy atom. The summed E-state index contributed by atoms with van der Waals surface area (Å²) in [5, 5.41) is 0. The van der Waals surface area contributed by atoms with E-state index in [4.69, 9.17) is 4.42 Å². The second-order valence-corrected chi connectivity index (χ2v) is 6.51. The number of hydrogen-bond donors (Lipinski definition) is 0. The lowest BCUT2D eigenvalue weighted by atomic mass is 10.1. The highest BCUT2D eigenvalue weighted by molar-refractivity contribution is 5.97. The number of fused-ring (bicyclic) bond motifs is 1. The highest BCUT2D eigenvalue weighted by Crippen LogP contribution is 2.17. The van der Waals surface area contributed by atoms with Gasteiger partial charge in [-0.3, -0.25) is 9.59 Å². The van der Waals surface area contributed by atoms with Crippen LogP contribution in [0.1, 0.15) is 15.9 Å². The van der Waals surface area contributed by atoms with Crippen molar-refractivity contribution < 1.29 is 18.4 Å². The average molecular weight is 367 g/mol. The molecule has 0 N–H and O–H groups in total. The zero-order valence-electron chi connectivity index (χ0n) is 14.6. The van der Waals surface area contributed by atoms with Crippen LogP contribution < -0.4 is 0 Å². The molecule has 0 atom stereocenters. The Kier molecular flexibility index (Phi) is 4.58. The van der Waals surface area contributed by atoms with Crippen LogP contribution in [-0.2, 0) is 11.2 Å². The lowest BCUT2D eigenvalue weighted by Crippen LogP contribution is -2.51. The summed E-state index contributed by atoms with van der Waals surface area (Å²) >= 11 is 0. The third kappa shape index (κ3) is 3.67. The molecule has 0 spiro atoms. The molecular weight excluding hydrogens is 349 g/mol. The van der Waals surface area contributed by atoms with Gasteiger partial charge in [-0.1, -0.05) is 12.1 Å². The number of hydrogen-bond acceptors (Lipinski definition) is 4. The zero-order chi connectivity index (χ0) is 18.8. The Morgan fingerprint density at radius 2 is 1.70 bits per heavy atom. The molecule has 7 heteroatoms. The molecule has 2 aromatic carbocycles. The van der Waals surface area contributed by atoms with Crippen LogP contribution in [-0.4, -0.2) is 52.8 Å². The van der Waals surface area contributed by atoms with Gasteiger partial charge in [0.15, 0.2) is 12.0 Å². The molecular formula is C20H18FN3O3. The van der Waals surface area contributed by atoms with Crippen LogP contribution in [0.25, 0.3) is 11.1 Å². The summed E-state index contributed by atoms with van der Waals surface area (Å²) in [5.74, 6) is -0.412. The summed E-state index contributed by atoms with van der Waals surface area (Å²) in [6.07, 6.45) is 1.58. The van der Waals surface area contributed by atoms with Gasteiger partial charge in [-0.2, -0.15) is 0 Å². The van der Waals surface area contributed by atoms with Crippen LogP contribution in [0.15, 0.2) is 53.3 Å². The van der Waals surface area contributed by atoms with Gasteiger partial charge in [0.25, 0.3) is 5.91 Å². The molecule has 0 saturated carbocycles. The first-order chi connectivity index (χ1) is 13.1. The molecule has 4 rings (SSSR count). The maximum atomic E-state index is 13.0. The maximum Gasteiger partial charge on any atom is 0.254 e. The summed E-state index contributed by atoms with van der Waals surface area (Å²) in [6.45, 7) is 1.92. The molecule has 2 amide bonds. The van der Waals surface area contributed by atoms with Crippen molar-refractivity contribution in [3.63, 3.8) is 0 Å². The molecule has 1 aliphatic heterocycles. The lowest BCUT2D eigenvalue weighted by Gasteiger charge is -2.35. The van der Waals surface area contributed by atoms with E-state index in [1.54, 1.807) is 40.1 Å². The third-order valence-corrected chi connectivity index (χ3v) is 4.77. The Morgan fingerprint density at radius 1 is 1.00 bits per heavy atom. The molecule has 1 aromatic heterocycles. The Labute approximate surface area is 155 Å². The van der Waals surface area contributed by atoms with Crippen molar-refractivity contribution >= 4 is 22.9 Å². The predicted molar refractivity (Wildman–Crippen MR) is 96.6 cm³/mol. The Balaban J connectivity index is 1.35. The maximum absolute atomic E-state index is 13.0. The van der Waals surface area contributed by atoms with E-state index < -0.39 is 0 Å². The number of carbonyl (C=O) groups excluding carboxylic acids is 2. The van der Waals surface area contributed by atoms with Crippen molar-refractivity contribution in [2.75, 3.05) is 26.2 Å². The average Bonchev–Trinajstić information content (AvgIpc) is 3.17. The number of carbonyl (C=O) groups is 2. The summed E-state index contributed by atoms with van der Waals surface area (Å²) in [7, 11) is 0. The molecule has 0 radical (unpaired) electrons. The van der Waals surface area contributed by atoms with Crippen LogP contribution in [0.2, 0.25) is 0 Å². The van der Waals surface area contributed by atoms with Gasteiger partial charge in [-0.15, -0.1) is 0 Å². The van der Waals surface area contributed by atoms with Crippen LogP contribution >= 0.6 is 0 Å². The fraction of sp³-hybridized carbons (Fsp3) is 0.250. The number of nitrogens with zero attached hydrogens (tertiary/aromatic N) is 3. The van der Waals surface area contributed by atoms with Crippen molar-refractivity contribution in [2.24, 2.45) is 0 Å². The number of benzene rings is 2. The van der Waals surface area contributed by atoms with Crippen molar-refractivity contribution in [3.8, 4) is 0 Å². The molecule has 27 heavy (non-hydrogen) atoms. The summed E-state index contributed by atoms with van der Waals surface area (Å²) in [6, 6.07) is 11.1. The molecule has 1 aliphatic rings. The van der Waals surface area contributed by atoms with Gasteiger partial charge < -0.3 is 14.2 Å². The second kappa shape index (κ2) is 7.19. The molecule has 138 valence electrons. The van der Waals surface area contributed by atoms with Gasteiger partial charge in [0.05, 0.1) is 6.42 Å². The largest absolute Gasteiger partial charge is 0.443 e. The summed E-state index contributed by atoms with van der Waals surface area (Å²) < 4.78 is 18.2. The fourth-order valence-electron chi connectivity index (χ4n) is 3.22. The van der Waals surface area contributed by atoms with Crippen molar-refractivity contribution in [2.45, 2.75) is 6.42 Å². The standard InChI is InChI=1S/C20H18FN3O3/c21-16-4-1-14(2-5-16)11-19(25)23-7-9-24(10-8-23)20(26)15-3-6-18-17(12-15)22-13-27-18/h1-6,12-13H,7-11H2. The molecule has 6 nitrogen and oxygen atoms in total. The SMILES string of the molecule is O=C(Cc1ccc(F)cc1)N1CCN(C(=O)c2ccc3ocnc3c2)CC1. The topological polar surface area (TPSA) is 66.7 Å². The number of oxazole rings is 1. The van der Waals surface area contributed by atoms with Crippen molar-refractivity contribution in [1.29, 1.82) is 0 Å². The van der Waals surface area contributed by atoms with Crippen LogP contribution in [0.3, 0.4) is 0 Å². The van der Waals surface area contributed by atoms with E-state index >= 15 is 0 Å². The first-order valence-electron chi connectivity index (χ1n) is 8.75. The molecule has 0 unspecified atom stereocenters. The third-order valence-electron chi connectivity index (χ3n) is 4.77. The normalized spacial score (nSPS) is 14.6. The van der Waals surface area contributed by atoms with Crippen molar-refractivity contribution in [1.82, 2.24) is 14.8 Å². The molecule has 0 aliphatic carbocycles. The van der Waals surface area contributed by atoms with Crippen molar-refractivity contribution in [3.05, 3.63) is 65.8 Å². The first-order valence-corrected chi connectivity index (χ1v) is 8.75. The summed E-state index contributed by atoms with van der Waals surface area (Å²) in [4.78, 5) is 32.7. The lowest BCUT2D eigenvalue weighted by molar-refractivity contribution is -0.131. The smallest absolute Gasteiger partial charge is 0.254 e. The van der Waals surface area contributed by atoms with E-state index in [0.29, 0.717) is 42.8 Å². The van der Waals surface area contributed by atoms with Gasteiger partial charge in [-0.05, 0) is 35.9 Å². The van der Waals surface area contributed by atoms with Crippen LogP contribution in [0, 0.1) is 5.82 Å². The Hall–Kier alpha value is -3.22. The number of aromatic nitrogens is 1. The minimum atomic E-state index is -0.317. The van der Waals surface area contributed by atoms with E-state index in [1.807, 2.05) is 0 Å². The minimum absolute atomic E-state index is 0.0160. The first kappa shape index (κ1) is 17.2. The van der Waals surface area contributed by atoms with Gasteiger partial charge >= 0.3 is 0 Å². The van der Waals surface area contributed by atoms with Crippen LogP contribution in [0.4, 0.5) is 4.39 Å². The molecule has 1 saturated heterocycles.